The maximum atomic E-state index is 12.1. The smallest absolute Gasteiger partial charge is 0.374 e. The van der Waals surface area contributed by atoms with Gasteiger partial charge in [-0.3, -0.25) is 18.9 Å². The monoisotopic (exact) mass is 446 g/mol. The third-order valence-electron chi connectivity index (χ3n) is 3.88. The first-order valence-corrected chi connectivity index (χ1v) is 11.1. The van der Waals surface area contributed by atoms with Gasteiger partial charge in [0.15, 0.2) is 12.3 Å². The molecule has 0 aromatic carbocycles. The van der Waals surface area contributed by atoms with Crippen molar-refractivity contribution in [3.05, 3.63) is 33.1 Å². The highest BCUT2D eigenvalue weighted by atomic mass is 32.7. The van der Waals surface area contributed by atoms with Gasteiger partial charge in [0.05, 0.1) is 6.61 Å². The molecule has 5 atom stereocenters. The summed E-state index contributed by atoms with van der Waals surface area (Å²) in [4.78, 5) is 43.4. The lowest BCUT2D eigenvalue weighted by Gasteiger charge is -2.30. The van der Waals surface area contributed by atoms with Crippen molar-refractivity contribution in [3.63, 3.8) is 0 Å². The summed E-state index contributed by atoms with van der Waals surface area (Å²) in [5, 5.41) is 0. The van der Waals surface area contributed by atoms with Gasteiger partial charge in [0.25, 0.3) is 5.56 Å². The Labute approximate surface area is 158 Å². The summed E-state index contributed by atoms with van der Waals surface area (Å²) in [5.41, 5.74) is 2.50. The van der Waals surface area contributed by atoms with Crippen molar-refractivity contribution in [1.82, 2.24) is 9.55 Å². The van der Waals surface area contributed by atoms with Gasteiger partial charge in [-0.2, -0.15) is 0 Å². The molecule has 152 valence electrons. The standard InChI is InChI=1S/C11H17N3O10P2S/c1-21-7-8(24-25(17)27)11(4-12,5-22-26(18,19)20)23-9(7)14-3-2-6(15)13-10(14)16/h2-3,7-9H,4-5,12H2,1H3,(H3-,13,15,16,17,18,19,20,27)/p+1/t7?,8-,9-,11-/m1/s1. The number of aromatic amines is 1. The fourth-order valence-electron chi connectivity index (χ4n) is 2.69. The van der Waals surface area contributed by atoms with Gasteiger partial charge in [0.1, 0.15) is 24.0 Å². The second-order valence-corrected chi connectivity index (χ2v) is 8.43. The van der Waals surface area contributed by atoms with E-state index in [1.54, 1.807) is 0 Å². The van der Waals surface area contributed by atoms with Gasteiger partial charge in [-0.05, 0) is 4.57 Å². The van der Waals surface area contributed by atoms with Crippen LogP contribution in [0.3, 0.4) is 0 Å². The maximum Gasteiger partial charge on any atom is 0.582 e. The Morgan fingerprint density at radius 2 is 2.19 bits per heavy atom. The van der Waals surface area contributed by atoms with Crippen LogP contribution in [-0.2, 0) is 27.7 Å². The first kappa shape index (κ1) is 22.4. The first-order valence-electron chi connectivity index (χ1n) is 7.28. The molecule has 1 aromatic rings. The first-order chi connectivity index (χ1) is 12.5. The van der Waals surface area contributed by atoms with E-state index in [1.807, 2.05) is 4.98 Å². The van der Waals surface area contributed by atoms with Crippen molar-refractivity contribution >= 4 is 27.3 Å². The fourth-order valence-corrected chi connectivity index (χ4v) is 3.89. The number of thiol groups is 1. The second-order valence-electron chi connectivity index (χ2n) is 5.52. The lowest BCUT2D eigenvalue weighted by atomic mass is 9.96. The lowest BCUT2D eigenvalue weighted by Crippen LogP contribution is -2.53. The summed E-state index contributed by atoms with van der Waals surface area (Å²) < 4.78 is 44.4. The van der Waals surface area contributed by atoms with Crippen LogP contribution in [0.4, 0.5) is 0 Å². The minimum absolute atomic E-state index is 0.400. The Kier molecular flexibility index (Phi) is 7.14. The van der Waals surface area contributed by atoms with Gasteiger partial charge < -0.3 is 25.0 Å². The molecule has 1 aliphatic heterocycles. The highest BCUT2D eigenvalue weighted by Crippen LogP contribution is 2.47. The largest absolute Gasteiger partial charge is 0.582 e. The van der Waals surface area contributed by atoms with Crippen LogP contribution in [0.15, 0.2) is 21.9 Å². The highest BCUT2D eigenvalue weighted by Gasteiger charge is 2.60. The van der Waals surface area contributed by atoms with Gasteiger partial charge >= 0.3 is 20.7 Å². The van der Waals surface area contributed by atoms with E-state index in [2.05, 4.69) is 16.8 Å². The van der Waals surface area contributed by atoms with Gasteiger partial charge in [-0.1, -0.05) is 0 Å². The molecule has 0 amide bonds. The van der Waals surface area contributed by atoms with Crippen LogP contribution in [0.2, 0.25) is 0 Å². The fraction of sp³-hybridized carbons (Fsp3) is 0.636. The molecule has 0 bridgehead atoms. The molecule has 27 heavy (non-hydrogen) atoms. The third kappa shape index (κ3) is 5.12. The zero-order valence-corrected chi connectivity index (χ0v) is 16.5. The zero-order valence-electron chi connectivity index (χ0n) is 13.8. The Hall–Kier alpha value is -0.920. The van der Waals surface area contributed by atoms with Crippen molar-refractivity contribution in [2.75, 3.05) is 20.3 Å². The van der Waals surface area contributed by atoms with Crippen LogP contribution >= 0.6 is 27.3 Å². The van der Waals surface area contributed by atoms with E-state index in [0.717, 1.165) is 16.8 Å². The topological polar surface area (TPSA) is 192 Å². The molecule has 2 heterocycles. The number of phosphoric ester groups is 1. The van der Waals surface area contributed by atoms with E-state index < -0.39 is 63.5 Å². The number of ether oxygens (including phenoxy) is 2. The predicted octanol–water partition coefficient (Wildman–Crippen LogP) is -1.14. The average Bonchev–Trinajstić information content (AvgIpc) is 2.85. The van der Waals surface area contributed by atoms with Crippen molar-refractivity contribution < 1.29 is 37.4 Å². The number of nitrogens with one attached hydrogen (secondary N) is 1. The Bertz CT molecular complexity index is 855. The van der Waals surface area contributed by atoms with Crippen LogP contribution in [0, 0.1) is 0 Å². The molecule has 2 unspecified atom stereocenters. The predicted molar refractivity (Wildman–Crippen MR) is 93.5 cm³/mol. The minimum atomic E-state index is -4.91. The maximum absolute atomic E-state index is 12.1. The average molecular weight is 446 g/mol. The Balaban J connectivity index is 2.51. The molecular formula is C11H18N3O10P2S+. The number of aromatic nitrogens is 2. The van der Waals surface area contributed by atoms with Gasteiger partial charge in [0, 0.05) is 25.9 Å². The van der Waals surface area contributed by atoms with Crippen molar-refractivity contribution in [2.45, 2.75) is 24.0 Å². The molecule has 1 aliphatic rings. The number of H-pyrrole nitrogens is 1. The van der Waals surface area contributed by atoms with E-state index in [4.69, 9.17) is 29.5 Å². The molecule has 0 radical (unpaired) electrons. The van der Waals surface area contributed by atoms with E-state index in [9.17, 15) is 18.7 Å². The normalized spacial score (nSPS) is 29.1. The summed E-state index contributed by atoms with van der Waals surface area (Å²) in [5.74, 6) is 0. The Morgan fingerprint density at radius 1 is 1.52 bits per heavy atom. The third-order valence-corrected chi connectivity index (χ3v) is 5.03. The molecule has 1 aromatic heterocycles. The minimum Gasteiger partial charge on any atom is -0.374 e. The number of nitrogens with two attached hydrogens (primary N) is 1. The summed E-state index contributed by atoms with van der Waals surface area (Å²) in [7, 11) is -6.18. The van der Waals surface area contributed by atoms with Gasteiger partial charge in [0.2, 0.25) is 0 Å². The Morgan fingerprint density at radius 3 is 2.67 bits per heavy atom. The highest BCUT2D eigenvalue weighted by molar-refractivity contribution is 8.39. The lowest BCUT2D eigenvalue weighted by molar-refractivity contribution is -0.117. The van der Waals surface area contributed by atoms with Crippen molar-refractivity contribution in [2.24, 2.45) is 5.73 Å². The molecule has 0 spiro atoms. The zero-order chi connectivity index (χ0) is 20.4. The van der Waals surface area contributed by atoms with Crippen LogP contribution in [0.5, 0.6) is 0 Å². The van der Waals surface area contributed by atoms with Crippen LogP contribution in [-0.4, -0.2) is 57.4 Å². The molecular weight excluding hydrogens is 428 g/mol. The molecule has 13 nitrogen and oxygen atoms in total. The second kappa shape index (κ2) is 8.62. The number of hydrogen-bond acceptors (Lipinski definition) is 9. The summed E-state index contributed by atoms with van der Waals surface area (Å²) in [6.45, 7) is -1.16. The number of phosphoric acid groups is 1. The number of hydrogen-bond donors (Lipinski definition) is 5. The molecule has 5 N–H and O–H groups in total. The van der Waals surface area contributed by atoms with Crippen LogP contribution in [0.1, 0.15) is 6.23 Å². The summed E-state index contributed by atoms with van der Waals surface area (Å²) in [6, 6.07) is 1.06. The number of rotatable bonds is 8. The van der Waals surface area contributed by atoms with Crippen molar-refractivity contribution in [3.8, 4) is 0 Å². The van der Waals surface area contributed by atoms with Gasteiger partial charge in [-0.15, -0.1) is 4.52 Å². The van der Waals surface area contributed by atoms with E-state index in [0.29, 0.717) is 0 Å². The number of nitrogens with zero attached hydrogens (tertiary/aromatic N) is 1. The quantitative estimate of drug-likeness (QED) is 0.239. The van der Waals surface area contributed by atoms with Crippen LogP contribution < -0.4 is 17.0 Å². The van der Waals surface area contributed by atoms with Crippen molar-refractivity contribution in [1.29, 1.82) is 0 Å². The molecule has 1 fully saturated rings. The molecule has 2 rings (SSSR count). The molecule has 1 saturated heterocycles. The van der Waals surface area contributed by atoms with Crippen LogP contribution in [0.25, 0.3) is 0 Å². The van der Waals surface area contributed by atoms with E-state index >= 15 is 0 Å². The molecule has 16 heteroatoms. The molecule has 0 aliphatic carbocycles. The van der Waals surface area contributed by atoms with E-state index in [-0.39, 0.29) is 0 Å². The van der Waals surface area contributed by atoms with E-state index in [1.165, 1.54) is 7.11 Å². The summed E-state index contributed by atoms with van der Waals surface area (Å²) in [6.07, 6.45) is -2.49. The van der Waals surface area contributed by atoms with Gasteiger partial charge in [-0.25, -0.2) is 9.36 Å². The number of methoxy groups -OCH3 is 1. The summed E-state index contributed by atoms with van der Waals surface area (Å²) >= 11 is 3.67. The molecule has 0 saturated carbocycles. The SMILES string of the molecule is COC1[C@H](n2ccc(=O)[nH]c2=O)O[C@](CN)(COP(=O)(O)O)[C@@H]1O[P+](=O)S.